The molecule has 5 heteroatoms. The van der Waals surface area contributed by atoms with Crippen LogP contribution in [0, 0.1) is 0 Å². The van der Waals surface area contributed by atoms with Crippen LogP contribution in [0.2, 0.25) is 0 Å². The summed E-state index contributed by atoms with van der Waals surface area (Å²) in [7, 11) is 0. The number of ether oxygens (including phenoxy) is 3. The number of carbonyl (C=O) groups is 1. The van der Waals surface area contributed by atoms with E-state index in [-0.39, 0.29) is 18.8 Å². The highest BCUT2D eigenvalue weighted by Gasteiger charge is 2.46. The van der Waals surface area contributed by atoms with Crippen molar-refractivity contribution in [1.29, 1.82) is 0 Å². The Balaban J connectivity index is 1.51. The molecule has 0 aliphatic heterocycles. The normalized spacial score (nSPS) is 23.2. The topological polar surface area (TPSA) is 65.0 Å². The lowest BCUT2D eigenvalue weighted by Gasteiger charge is -2.39. The molecule has 0 spiro atoms. The Hall–Kier alpha value is -2.83. The molecule has 0 heterocycles. The summed E-state index contributed by atoms with van der Waals surface area (Å²) in [6.07, 6.45) is -3.20. The summed E-state index contributed by atoms with van der Waals surface area (Å²) >= 11 is 0. The molecule has 5 nitrogen and oxygen atoms in total. The van der Waals surface area contributed by atoms with E-state index in [4.69, 9.17) is 14.2 Å². The van der Waals surface area contributed by atoms with Gasteiger partial charge in [0.15, 0.2) is 5.78 Å². The predicted octanol–water partition coefficient (Wildman–Crippen LogP) is 4.08. The van der Waals surface area contributed by atoms with Crippen molar-refractivity contribution in [1.82, 2.24) is 0 Å². The van der Waals surface area contributed by atoms with Crippen molar-refractivity contribution in [3.63, 3.8) is 0 Å². The highest BCUT2D eigenvalue weighted by Crippen LogP contribution is 2.28. The third-order valence-corrected chi connectivity index (χ3v) is 5.57. The maximum atomic E-state index is 12.8. The zero-order valence-electron chi connectivity index (χ0n) is 17.9. The fourth-order valence-electron chi connectivity index (χ4n) is 3.88. The number of benzene rings is 3. The molecule has 1 aliphatic rings. The molecule has 1 saturated carbocycles. The first-order valence-electron chi connectivity index (χ1n) is 10.9. The van der Waals surface area contributed by atoms with Gasteiger partial charge in [0.25, 0.3) is 0 Å². The zero-order chi connectivity index (χ0) is 22.2. The number of rotatable bonds is 9. The summed E-state index contributed by atoms with van der Waals surface area (Å²) < 4.78 is 18.3. The summed E-state index contributed by atoms with van der Waals surface area (Å²) in [5.41, 5.74) is 2.93. The number of ketones is 1. The van der Waals surface area contributed by atoms with Crippen LogP contribution in [0.25, 0.3) is 0 Å². The molecule has 0 radical (unpaired) electrons. The molecule has 3 aromatic rings. The molecule has 1 fully saturated rings. The van der Waals surface area contributed by atoms with E-state index >= 15 is 0 Å². The summed E-state index contributed by atoms with van der Waals surface area (Å²) in [4.78, 5) is 12.8. The first-order valence-corrected chi connectivity index (χ1v) is 10.9. The van der Waals surface area contributed by atoms with Gasteiger partial charge in [-0.25, -0.2) is 0 Å². The number of carbonyl (C=O) groups excluding carboxylic acids is 1. The maximum Gasteiger partial charge on any atom is 0.167 e. The molecule has 3 aromatic carbocycles. The lowest BCUT2D eigenvalue weighted by molar-refractivity contribution is -0.201. The molecule has 0 unspecified atom stereocenters. The summed E-state index contributed by atoms with van der Waals surface area (Å²) in [6.45, 7) is 0.888. The average molecular weight is 433 g/mol. The molecule has 0 saturated heterocycles. The Labute approximate surface area is 188 Å². The third kappa shape index (κ3) is 5.90. The van der Waals surface area contributed by atoms with Crippen molar-refractivity contribution in [2.75, 3.05) is 0 Å². The number of hydrogen-bond donors (Lipinski definition) is 1. The predicted molar refractivity (Wildman–Crippen MR) is 121 cm³/mol. The largest absolute Gasteiger partial charge is 0.390 e. The van der Waals surface area contributed by atoms with Crippen LogP contribution in [0.3, 0.4) is 0 Å². The fourth-order valence-corrected chi connectivity index (χ4v) is 3.88. The molecule has 166 valence electrons. The smallest absolute Gasteiger partial charge is 0.167 e. The van der Waals surface area contributed by atoms with E-state index in [2.05, 4.69) is 0 Å². The molecule has 0 aromatic heterocycles. The van der Waals surface area contributed by atoms with Crippen molar-refractivity contribution in [3.8, 4) is 0 Å². The molecule has 4 atom stereocenters. The van der Waals surface area contributed by atoms with Crippen molar-refractivity contribution < 1.29 is 24.1 Å². The lowest BCUT2D eigenvalue weighted by atomic mass is 9.88. The van der Waals surface area contributed by atoms with E-state index < -0.39 is 24.4 Å². The average Bonchev–Trinajstić information content (AvgIpc) is 2.83. The fraction of sp³-hybridized carbons (Fsp3) is 0.296. The van der Waals surface area contributed by atoms with E-state index in [1.165, 1.54) is 0 Å². The second-order valence-corrected chi connectivity index (χ2v) is 7.98. The second-order valence-electron chi connectivity index (χ2n) is 7.98. The summed E-state index contributed by atoms with van der Waals surface area (Å²) in [5, 5.41) is 10.7. The Morgan fingerprint density at radius 1 is 0.625 bits per heavy atom. The first kappa shape index (κ1) is 22.4. The van der Waals surface area contributed by atoms with Crippen LogP contribution >= 0.6 is 0 Å². The highest BCUT2D eigenvalue weighted by atomic mass is 16.6. The van der Waals surface area contributed by atoms with Gasteiger partial charge >= 0.3 is 0 Å². The van der Waals surface area contributed by atoms with Crippen LogP contribution in [0.15, 0.2) is 91.0 Å². The lowest BCUT2D eigenvalue weighted by Crippen LogP contribution is -2.57. The van der Waals surface area contributed by atoms with Gasteiger partial charge in [0, 0.05) is 6.42 Å². The van der Waals surface area contributed by atoms with Gasteiger partial charge in [-0.1, -0.05) is 91.0 Å². The maximum absolute atomic E-state index is 12.8. The first-order chi connectivity index (χ1) is 15.7. The molecule has 1 aliphatic carbocycles. The molecular weight excluding hydrogens is 404 g/mol. The van der Waals surface area contributed by atoms with Crippen molar-refractivity contribution in [3.05, 3.63) is 108 Å². The van der Waals surface area contributed by atoms with Crippen LogP contribution in [0.5, 0.6) is 0 Å². The van der Waals surface area contributed by atoms with Crippen molar-refractivity contribution in [2.24, 2.45) is 0 Å². The Kier molecular flexibility index (Phi) is 7.80. The van der Waals surface area contributed by atoms with Crippen molar-refractivity contribution in [2.45, 2.75) is 50.7 Å². The van der Waals surface area contributed by atoms with Crippen LogP contribution in [0.4, 0.5) is 0 Å². The van der Waals surface area contributed by atoms with Crippen LogP contribution < -0.4 is 0 Å². The minimum Gasteiger partial charge on any atom is -0.390 e. The SMILES string of the molecule is O=C1C[C@H](O)[C@H](OCc2ccccc2)[C@@H](OCc2ccccc2)[C@H]1OCc1ccccc1. The van der Waals surface area contributed by atoms with E-state index in [9.17, 15) is 9.90 Å². The van der Waals surface area contributed by atoms with E-state index in [0.717, 1.165) is 16.7 Å². The zero-order valence-corrected chi connectivity index (χ0v) is 17.9. The molecule has 0 bridgehead atoms. The van der Waals surface area contributed by atoms with Gasteiger partial charge in [0.05, 0.1) is 25.9 Å². The van der Waals surface area contributed by atoms with Crippen LogP contribution in [-0.2, 0) is 38.8 Å². The summed E-state index contributed by atoms with van der Waals surface area (Å²) in [5.74, 6) is -0.175. The van der Waals surface area contributed by atoms with Crippen LogP contribution in [-0.4, -0.2) is 35.3 Å². The van der Waals surface area contributed by atoms with Gasteiger partial charge in [-0.15, -0.1) is 0 Å². The summed E-state index contributed by atoms with van der Waals surface area (Å²) in [6, 6.07) is 29.2. The van der Waals surface area contributed by atoms with Crippen LogP contribution in [0.1, 0.15) is 23.1 Å². The van der Waals surface area contributed by atoms with Gasteiger partial charge in [-0.3, -0.25) is 4.79 Å². The number of hydrogen-bond acceptors (Lipinski definition) is 5. The quantitative estimate of drug-likeness (QED) is 0.552. The van der Waals surface area contributed by atoms with Gasteiger partial charge < -0.3 is 19.3 Å². The van der Waals surface area contributed by atoms with E-state index in [0.29, 0.717) is 13.2 Å². The molecule has 32 heavy (non-hydrogen) atoms. The monoisotopic (exact) mass is 432 g/mol. The molecule has 0 amide bonds. The van der Waals surface area contributed by atoms with Crippen molar-refractivity contribution >= 4 is 5.78 Å². The minimum atomic E-state index is -0.955. The van der Waals surface area contributed by atoms with Gasteiger partial charge in [0.2, 0.25) is 0 Å². The third-order valence-electron chi connectivity index (χ3n) is 5.57. The standard InChI is InChI=1S/C27H28O5/c28-23-16-24(29)26(31-18-21-12-6-2-7-13-21)27(32-19-22-14-8-3-9-15-22)25(23)30-17-20-10-4-1-5-11-20/h1-15,23,25-28H,16-19H2/t23-,25-,26-,27+/m0/s1. The molecule has 4 rings (SSSR count). The number of aliphatic hydroxyl groups is 1. The Bertz CT molecular complexity index is 961. The van der Waals surface area contributed by atoms with Gasteiger partial charge in [-0.2, -0.15) is 0 Å². The van der Waals surface area contributed by atoms with E-state index in [1.54, 1.807) is 0 Å². The molecule has 1 N–H and O–H groups in total. The minimum absolute atomic E-state index is 0.0237. The van der Waals surface area contributed by atoms with E-state index in [1.807, 2.05) is 91.0 Å². The number of aliphatic hydroxyl groups excluding tert-OH is 1. The Morgan fingerprint density at radius 2 is 1.03 bits per heavy atom. The Morgan fingerprint density at radius 3 is 1.50 bits per heavy atom. The number of Topliss-reactive ketones (excluding diaryl/α,β-unsaturated/α-hetero) is 1. The second kappa shape index (κ2) is 11.2. The van der Waals surface area contributed by atoms with Gasteiger partial charge in [-0.05, 0) is 16.7 Å². The highest BCUT2D eigenvalue weighted by molar-refractivity contribution is 5.85. The molecular formula is C27H28O5. The van der Waals surface area contributed by atoms with Gasteiger partial charge in [0.1, 0.15) is 18.3 Å².